The number of amides is 1. The Morgan fingerprint density at radius 2 is 1.81 bits per heavy atom. The highest BCUT2D eigenvalue weighted by Gasteiger charge is 2.31. The molecule has 0 fully saturated rings. The maximum absolute atomic E-state index is 14.1. The van der Waals surface area contributed by atoms with Crippen LogP contribution < -0.4 is 10.1 Å². The topological polar surface area (TPSA) is 51.2 Å². The molecule has 1 atom stereocenters. The molecule has 1 aromatic carbocycles. The number of ether oxygens (including phenoxy) is 1. The van der Waals surface area contributed by atoms with Gasteiger partial charge in [-0.15, -0.1) is 13.2 Å². The highest BCUT2D eigenvalue weighted by molar-refractivity contribution is 5.94. The maximum Gasteiger partial charge on any atom is 0.573 e. The molecule has 8 heteroatoms. The van der Waals surface area contributed by atoms with Gasteiger partial charge in [0.05, 0.1) is 6.04 Å². The van der Waals surface area contributed by atoms with Crippen LogP contribution in [-0.2, 0) is 0 Å². The lowest BCUT2D eigenvalue weighted by Gasteiger charge is -2.18. The molecular weight excluding hydrogens is 364 g/mol. The summed E-state index contributed by atoms with van der Waals surface area (Å²) in [6.07, 6.45) is -4.89. The van der Waals surface area contributed by atoms with Crippen LogP contribution in [0.1, 0.15) is 60.0 Å². The molecule has 27 heavy (non-hydrogen) atoms. The van der Waals surface area contributed by atoms with Crippen molar-refractivity contribution < 1.29 is 27.1 Å². The summed E-state index contributed by atoms with van der Waals surface area (Å²) in [7, 11) is 0. The number of benzene rings is 1. The Labute approximate surface area is 154 Å². The first kappa shape index (κ1) is 20.7. The van der Waals surface area contributed by atoms with Crippen LogP contribution in [0.25, 0.3) is 0 Å². The van der Waals surface area contributed by atoms with Crippen molar-refractivity contribution in [1.29, 1.82) is 0 Å². The molecule has 146 valence electrons. The number of halogens is 4. The molecule has 0 aliphatic heterocycles. The zero-order valence-corrected chi connectivity index (χ0v) is 15.3. The van der Waals surface area contributed by atoms with Gasteiger partial charge < -0.3 is 10.1 Å². The molecule has 1 amide bonds. The highest BCUT2D eigenvalue weighted by Crippen LogP contribution is 2.27. The smallest absolute Gasteiger partial charge is 0.406 e. The van der Waals surface area contributed by atoms with Crippen LogP contribution in [0, 0.1) is 12.7 Å². The van der Waals surface area contributed by atoms with Crippen LogP contribution in [0.3, 0.4) is 0 Å². The number of carbonyl (C=O) groups is 1. The Morgan fingerprint density at radius 3 is 2.41 bits per heavy atom. The average molecular weight is 384 g/mol. The highest BCUT2D eigenvalue weighted by atomic mass is 19.4. The average Bonchev–Trinajstić information content (AvgIpc) is 2.55. The number of aryl methyl sites for hydroxylation is 1. The summed E-state index contributed by atoms with van der Waals surface area (Å²) >= 11 is 0. The van der Waals surface area contributed by atoms with Crippen molar-refractivity contribution in [2.45, 2.75) is 46.0 Å². The Morgan fingerprint density at radius 1 is 1.15 bits per heavy atom. The quantitative estimate of drug-likeness (QED) is 0.735. The number of hydrogen-bond acceptors (Lipinski definition) is 3. The van der Waals surface area contributed by atoms with E-state index in [2.05, 4.69) is 15.0 Å². The van der Waals surface area contributed by atoms with Crippen molar-refractivity contribution in [2.24, 2.45) is 0 Å². The molecule has 0 unspecified atom stereocenters. The molecule has 0 aliphatic carbocycles. The second-order valence-corrected chi connectivity index (χ2v) is 6.48. The van der Waals surface area contributed by atoms with E-state index in [-0.39, 0.29) is 17.2 Å². The Hall–Kier alpha value is -2.64. The van der Waals surface area contributed by atoms with Crippen molar-refractivity contribution >= 4 is 5.91 Å². The molecule has 0 saturated carbocycles. The fourth-order valence-electron chi connectivity index (χ4n) is 2.49. The molecule has 2 rings (SSSR count). The summed E-state index contributed by atoms with van der Waals surface area (Å²) in [5.74, 6) is -1.73. The van der Waals surface area contributed by atoms with E-state index < -0.39 is 29.9 Å². The van der Waals surface area contributed by atoms with Gasteiger partial charge in [-0.05, 0) is 49.6 Å². The van der Waals surface area contributed by atoms with Gasteiger partial charge in [-0.2, -0.15) is 0 Å². The molecule has 0 radical (unpaired) electrons. The van der Waals surface area contributed by atoms with Crippen LogP contribution in [0.15, 0.2) is 30.3 Å². The summed E-state index contributed by atoms with van der Waals surface area (Å²) in [5.41, 5.74) is 1.43. The van der Waals surface area contributed by atoms with Gasteiger partial charge in [0.15, 0.2) is 0 Å². The van der Waals surface area contributed by atoms with E-state index in [1.54, 1.807) is 13.0 Å². The standard InChI is InChI=1S/C19H20F4N2O2/c1-10(2)16-8-5-11(3)17(25-16)18(26)24-12(4)14-9-13(6-7-15(14)20)27-19(21,22)23/h5-10,12H,1-4H3,(H,24,26)/t12-/m1/s1. The molecule has 0 saturated heterocycles. The van der Waals surface area contributed by atoms with E-state index in [4.69, 9.17) is 0 Å². The number of carbonyl (C=O) groups excluding carboxylic acids is 1. The summed E-state index contributed by atoms with van der Waals surface area (Å²) in [6, 6.07) is 5.34. The minimum atomic E-state index is -4.89. The van der Waals surface area contributed by atoms with E-state index in [1.807, 2.05) is 19.9 Å². The van der Waals surface area contributed by atoms with Gasteiger partial charge in [-0.3, -0.25) is 4.79 Å². The normalized spacial score (nSPS) is 12.8. The van der Waals surface area contributed by atoms with Gasteiger partial charge in [-0.1, -0.05) is 19.9 Å². The van der Waals surface area contributed by atoms with Crippen LogP contribution in [0.4, 0.5) is 17.6 Å². The largest absolute Gasteiger partial charge is 0.573 e. The minimum absolute atomic E-state index is 0.114. The lowest BCUT2D eigenvalue weighted by Crippen LogP contribution is -2.29. The number of pyridine rings is 1. The zero-order chi connectivity index (χ0) is 20.4. The van der Waals surface area contributed by atoms with E-state index in [0.29, 0.717) is 5.56 Å². The first-order valence-electron chi connectivity index (χ1n) is 8.31. The summed E-state index contributed by atoms with van der Waals surface area (Å²) in [4.78, 5) is 16.9. The number of hydrogen-bond donors (Lipinski definition) is 1. The molecule has 0 spiro atoms. The van der Waals surface area contributed by atoms with Crippen molar-refractivity contribution in [2.75, 3.05) is 0 Å². The number of nitrogens with zero attached hydrogens (tertiary/aromatic N) is 1. The van der Waals surface area contributed by atoms with E-state index in [0.717, 1.165) is 23.9 Å². The molecule has 1 aromatic heterocycles. The first-order chi connectivity index (χ1) is 12.5. The van der Waals surface area contributed by atoms with Gasteiger partial charge in [-0.25, -0.2) is 9.37 Å². The lowest BCUT2D eigenvalue weighted by molar-refractivity contribution is -0.274. The number of rotatable bonds is 5. The minimum Gasteiger partial charge on any atom is -0.406 e. The summed E-state index contributed by atoms with van der Waals surface area (Å²) < 4.78 is 54.9. The second kappa shape index (κ2) is 7.94. The maximum atomic E-state index is 14.1. The Kier molecular flexibility index (Phi) is 6.08. The van der Waals surface area contributed by atoms with E-state index >= 15 is 0 Å². The number of nitrogens with one attached hydrogen (secondary N) is 1. The van der Waals surface area contributed by atoms with Gasteiger partial charge in [0.2, 0.25) is 0 Å². The first-order valence-corrected chi connectivity index (χ1v) is 8.31. The van der Waals surface area contributed by atoms with Gasteiger partial charge in [0.25, 0.3) is 5.91 Å². The van der Waals surface area contributed by atoms with Gasteiger partial charge in [0.1, 0.15) is 17.3 Å². The molecule has 4 nitrogen and oxygen atoms in total. The molecule has 2 aromatic rings. The predicted octanol–water partition coefficient (Wildman–Crippen LogP) is 5.04. The Bertz CT molecular complexity index is 835. The van der Waals surface area contributed by atoms with Crippen LogP contribution in [0.5, 0.6) is 5.75 Å². The zero-order valence-electron chi connectivity index (χ0n) is 15.3. The number of aromatic nitrogens is 1. The third-order valence-electron chi connectivity index (χ3n) is 3.94. The van der Waals surface area contributed by atoms with Crippen molar-refractivity contribution in [3.8, 4) is 5.75 Å². The van der Waals surface area contributed by atoms with Crippen molar-refractivity contribution in [3.05, 3.63) is 58.7 Å². The summed E-state index contributed by atoms with van der Waals surface area (Å²) in [6.45, 7) is 7.05. The van der Waals surface area contributed by atoms with Crippen molar-refractivity contribution in [1.82, 2.24) is 10.3 Å². The molecule has 1 heterocycles. The predicted molar refractivity (Wildman–Crippen MR) is 92.0 cm³/mol. The fraction of sp³-hybridized carbons (Fsp3) is 0.368. The van der Waals surface area contributed by atoms with Crippen molar-refractivity contribution in [3.63, 3.8) is 0 Å². The monoisotopic (exact) mass is 384 g/mol. The molecule has 0 bridgehead atoms. The Balaban J connectivity index is 2.24. The third-order valence-corrected chi connectivity index (χ3v) is 3.94. The SMILES string of the molecule is Cc1ccc(C(C)C)nc1C(=O)N[C@H](C)c1cc(OC(F)(F)F)ccc1F. The van der Waals surface area contributed by atoms with E-state index in [9.17, 15) is 22.4 Å². The molecular formula is C19H20F4N2O2. The molecule has 0 aliphatic rings. The van der Waals surface area contributed by atoms with Crippen LogP contribution >= 0.6 is 0 Å². The third kappa shape index (κ3) is 5.42. The van der Waals surface area contributed by atoms with Crippen LogP contribution in [-0.4, -0.2) is 17.3 Å². The van der Waals surface area contributed by atoms with Gasteiger partial charge in [0, 0.05) is 11.3 Å². The molecule has 1 N–H and O–H groups in total. The second-order valence-electron chi connectivity index (χ2n) is 6.48. The van der Waals surface area contributed by atoms with Crippen LogP contribution in [0.2, 0.25) is 0 Å². The van der Waals surface area contributed by atoms with Gasteiger partial charge >= 0.3 is 6.36 Å². The summed E-state index contributed by atoms with van der Waals surface area (Å²) in [5, 5.41) is 2.57. The van der Waals surface area contributed by atoms with E-state index in [1.165, 1.54) is 6.92 Å². The fourth-order valence-corrected chi connectivity index (χ4v) is 2.49. The lowest BCUT2D eigenvalue weighted by atomic mass is 10.1. The number of alkyl halides is 3.